The van der Waals surface area contributed by atoms with Crippen LogP contribution in [0, 0.1) is 11.8 Å². The average Bonchev–Trinajstić information content (AvgIpc) is 2.68. The summed E-state index contributed by atoms with van der Waals surface area (Å²) in [6.45, 7) is 7.15. The Kier molecular flexibility index (Phi) is 4.92. The maximum absolute atomic E-state index is 14.2. The van der Waals surface area contributed by atoms with Crippen molar-refractivity contribution in [2.45, 2.75) is 45.4 Å². The van der Waals surface area contributed by atoms with Gasteiger partial charge in [0.2, 0.25) is 11.8 Å². The molecule has 0 bridgehead atoms. The van der Waals surface area contributed by atoms with E-state index < -0.39 is 57.9 Å². The Labute approximate surface area is 160 Å². The Morgan fingerprint density at radius 2 is 2.00 bits per heavy atom. The number of amides is 2. The number of rotatable bonds is 0. The number of carbonyl (C=O) groups is 2. The fourth-order valence-electron chi connectivity index (χ4n) is 3.28. The van der Waals surface area contributed by atoms with E-state index in [0.717, 1.165) is 0 Å². The summed E-state index contributed by atoms with van der Waals surface area (Å²) in [5, 5.41) is -0.706. The van der Waals surface area contributed by atoms with Crippen molar-refractivity contribution in [2.24, 2.45) is 0 Å². The first-order valence-corrected chi connectivity index (χ1v) is 8.85. The topological polar surface area (TPSA) is 72.0 Å². The molecule has 2 amide bonds. The molecule has 1 aromatic rings. The predicted molar refractivity (Wildman–Crippen MR) is 91.9 cm³/mol. The Bertz CT molecular complexity index is 799. The standard InChI is InChI=1S/C17H20ClF2N3O4/c1-8-5-22(16(25)27-17(2,3)4)6-9-7-26-12-10(15(24)23(8)9)14(20)21-13(18)11(12)19/h8-9H,5-7H2,1-4H3/t8?,9-/m1/s1. The molecule has 0 N–H and O–H groups in total. The van der Waals surface area contributed by atoms with Crippen LogP contribution in [0.2, 0.25) is 5.15 Å². The lowest BCUT2D eigenvalue weighted by Crippen LogP contribution is -2.62. The van der Waals surface area contributed by atoms with Crippen LogP contribution < -0.4 is 4.74 Å². The molecule has 1 fully saturated rings. The second-order valence-corrected chi connectivity index (χ2v) is 7.98. The van der Waals surface area contributed by atoms with Gasteiger partial charge in [0, 0.05) is 19.1 Å². The number of piperazine rings is 1. The fraction of sp³-hybridized carbons (Fsp3) is 0.588. The van der Waals surface area contributed by atoms with Gasteiger partial charge in [0.25, 0.3) is 5.91 Å². The van der Waals surface area contributed by atoms with Crippen molar-refractivity contribution >= 4 is 23.6 Å². The summed E-state index contributed by atoms with van der Waals surface area (Å²) in [6.07, 6.45) is -0.523. The first-order chi connectivity index (χ1) is 12.5. The third-order valence-corrected chi connectivity index (χ3v) is 4.56. The summed E-state index contributed by atoms with van der Waals surface area (Å²) in [7, 11) is 0. The SMILES string of the molecule is CC1CN(C(=O)OC(C)(C)C)C[C@@H]2COc3c(F)c(Cl)nc(F)c3C(=O)N12. The van der Waals surface area contributed by atoms with Gasteiger partial charge in [-0.05, 0) is 27.7 Å². The van der Waals surface area contributed by atoms with Gasteiger partial charge in [-0.2, -0.15) is 8.78 Å². The van der Waals surface area contributed by atoms with Crippen LogP contribution >= 0.6 is 11.6 Å². The molecule has 0 spiro atoms. The molecule has 2 aliphatic rings. The van der Waals surface area contributed by atoms with Gasteiger partial charge in [0.1, 0.15) is 17.8 Å². The second-order valence-electron chi connectivity index (χ2n) is 7.62. The number of hydrogen-bond acceptors (Lipinski definition) is 5. The van der Waals surface area contributed by atoms with E-state index in [4.69, 9.17) is 21.1 Å². The number of halogens is 3. The number of carbonyl (C=O) groups excluding carboxylic acids is 2. The highest BCUT2D eigenvalue weighted by Gasteiger charge is 2.43. The maximum Gasteiger partial charge on any atom is 0.410 e. The molecule has 3 heterocycles. The maximum atomic E-state index is 14.2. The van der Waals surface area contributed by atoms with Crippen molar-refractivity contribution in [1.29, 1.82) is 0 Å². The minimum absolute atomic E-state index is 0.114. The van der Waals surface area contributed by atoms with E-state index in [2.05, 4.69) is 4.98 Å². The number of ether oxygens (including phenoxy) is 2. The molecule has 2 atom stereocenters. The normalized spacial score (nSPS) is 22.6. The molecule has 3 rings (SSSR count). The van der Waals surface area contributed by atoms with Crippen LogP contribution in [0.15, 0.2) is 0 Å². The Morgan fingerprint density at radius 1 is 1.33 bits per heavy atom. The van der Waals surface area contributed by atoms with Gasteiger partial charge in [-0.15, -0.1) is 0 Å². The Morgan fingerprint density at radius 3 is 2.63 bits per heavy atom. The molecular formula is C17H20ClF2N3O4. The molecule has 2 aliphatic heterocycles. The quantitative estimate of drug-likeness (QED) is 0.623. The van der Waals surface area contributed by atoms with Crippen LogP contribution in [0.3, 0.4) is 0 Å². The van der Waals surface area contributed by atoms with Crippen LogP contribution in [-0.2, 0) is 4.74 Å². The van der Waals surface area contributed by atoms with Gasteiger partial charge in [0.05, 0.1) is 6.04 Å². The lowest BCUT2D eigenvalue weighted by atomic mass is 10.1. The zero-order valence-corrected chi connectivity index (χ0v) is 16.1. The fourth-order valence-corrected chi connectivity index (χ4v) is 3.44. The van der Waals surface area contributed by atoms with Crippen LogP contribution in [0.5, 0.6) is 5.75 Å². The molecule has 1 aromatic heterocycles. The molecular weight excluding hydrogens is 384 g/mol. The smallest absolute Gasteiger partial charge is 0.410 e. The lowest BCUT2D eigenvalue weighted by molar-refractivity contribution is -0.0118. The van der Waals surface area contributed by atoms with Crippen LogP contribution in [-0.4, -0.2) is 64.2 Å². The van der Waals surface area contributed by atoms with Crippen LogP contribution in [0.25, 0.3) is 0 Å². The summed E-state index contributed by atoms with van der Waals surface area (Å²) >= 11 is 5.56. The van der Waals surface area contributed by atoms with Gasteiger partial charge < -0.3 is 19.3 Å². The predicted octanol–water partition coefficient (Wildman–Crippen LogP) is 2.86. The van der Waals surface area contributed by atoms with E-state index >= 15 is 0 Å². The van der Waals surface area contributed by atoms with Crippen LogP contribution in [0.4, 0.5) is 13.6 Å². The van der Waals surface area contributed by atoms with Gasteiger partial charge in [0.15, 0.2) is 10.9 Å². The van der Waals surface area contributed by atoms with E-state index in [1.54, 1.807) is 27.7 Å². The van der Waals surface area contributed by atoms with Crippen LogP contribution in [0.1, 0.15) is 38.1 Å². The molecule has 27 heavy (non-hydrogen) atoms. The van der Waals surface area contributed by atoms with Crippen molar-refractivity contribution in [3.63, 3.8) is 0 Å². The van der Waals surface area contributed by atoms with Gasteiger partial charge in [-0.3, -0.25) is 4.79 Å². The number of aromatic nitrogens is 1. The highest BCUT2D eigenvalue weighted by molar-refractivity contribution is 6.29. The monoisotopic (exact) mass is 403 g/mol. The van der Waals surface area contributed by atoms with E-state index in [1.165, 1.54) is 9.80 Å². The second kappa shape index (κ2) is 6.78. The molecule has 0 aliphatic carbocycles. The number of pyridine rings is 1. The Balaban J connectivity index is 1.91. The third kappa shape index (κ3) is 3.65. The highest BCUT2D eigenvalue weighted by Crippen LogP contribution is 2.34. The molecule has 1 saturated heterocycles. The number of fused-ring (bicyclic) bond motifs is 2. The van der Waals surface area contributed by atoms with E-state index in [-0.39, 0.29) is 19.7 Å². The molecule has 0 saturated carbocycles. The summed E-state index contributed by atoms with van der Waals surface area (Å²) in [5.41, 5.74) is -1.25. The summed E-state index contributed by atoms with van der Waals surface area (Å²) in [5.74, 6) is -3.57. The van der Waals surface area contributed by atoms with Crippen molar-refractivity contribution in [2.75, 3.05) is 19.7 Å². The molecule has 148 valence electrons. The van der Waals surface area contributed by atoms with E-state index in [0.29, 0.717) is 0 Å². The average molecular weight is 404 g/mol. The Hall–Kier alpha value is -2.16. The highest BCUT2D eigenvalue weighted by atomic mass is 35.5. The van der Waals surface area contributed by atoms with Crippen molar-refractivity contribution in [3.05, 3.63) is 22.5 Å². The lowest BCUT2D eigenvalue weighted by Gasteiger charge is -2.44. The van der Waals surface area contributed by atoms with E-state index in [1.807, 2.05) is 0 Å². The van der Waals surface area contributed by atoms with Crippen molar-refractivity contribution in [3.8, 4) is 5.75 Å². The first kappa shape index (κ1) is 19.6. The molecule has 7 nitrogen and oxygen atoms in total. The zero-order chi connectivity index (χ0) is 20.1. The first-order valence-electron chi connectivity index (χ1n) is 8.47. The summed E-state index contributed by atoms with van der Waals surface area (Å²) in [4.78, 5) is 31.4. The molecule has 0 aromatic carbocycles. The van der Waals surface area contributed by atoms with Crippen molar-refractivity contribution < 1.29 is 27.8 Å². The molecule has 1 unspecified atom stereocenters. The van der Waals surface area contributed by atoms with E-state index in [9.17, 15) is 18.4 Å². The third-order valence-electron chi connectivity index (χ3n) is 4.31. The number of hydrogen-bond donors (Lipinski definition) is 0. The van der Waals surface area contributed by atoms with Gasteiger partial charge >= 0.3 is 6.09 Å². The number of nitrogens with zero attached hydrogens (tertiary/aromatic N) is 3. The zero-order valence-electron chi connectivity index (χ0n) is 15.4. The van der Waals surface area contributed by atoms with Gasteiger partial charge in [-0.1, -0.05) is 11.6 Å². The van der Waals surface area contributed by atoms with Crippen molar-refractivity contribution in [1.82, 2.24) is 14.8 Å². The minimum Gasteiger partial charge on any atom is -0.487 e. The molecule has 0 radical (unpaired) electrons. The molecule has 10 heteroatoms. The summed E-state index contributed by atoms with van der Waals surface area (Å²) < 4.78 is 39.2. The minimum atomic E-state index is -1.19. The van der Waals surface area contributed by atoms with Gasteiger partial charge in [-0.25, -0.2) is 9.78 Å². The summed E-state index contributed by atoms with van der Waals surface area (Å²) in [6, 6.07) is -1.06. The largest absolute Gasteiger partial charge is 0.487 e.